The van der Waals surface area contributed by atoms with E-state index in [1.54, 1.807) is 11.3 Å². The number of hydrogen-bond acceptors (Lipinski definition) is 3. The zero-order chi connectivity index (χ0) is 12.5. The smallest absolute Gasteiger partial charge is 0.100 e. The van der Waals surface area contributed by atoms with Crippen molar-refractivity contribution < 1.29 is 0 Å². The first kappa shape index (κ1) is 12.2. The number of rotatable bonds is 4. The zero-order valence-corrected chi connectivity index (χ0v) is 11.7. The summed E-state index contributed by atoms with van der Waals surface area (Å²) in [6.07, 6.45) is 5.85. The fourth-order valence-electron chi connectivity index (χ4n) is 3.85. The summed E-state index contributed by atoms with van der Waals surface area (Å²) in [5, 5.41) is 14.4. The highest BCUT2D eigenvalue weighted by atomic mass is 32.1. The first-order valence-electron chi connectivity index (χ1n) is 6.97. The quantitative estimate of drug-likeness (QED) is 0.899. The van der Waals surface area contributed by atoms with Gasteiger partial charge in [0, 0.05) is 22.8 Å². The van der Waals surface area contributed by atoms with Crippen molar-refractivity contribution in [3.05, 3.63) is 21.9 Å². The molecule has 0 amide bonds. The van der Waals surface area contributed by atoms with E-state index in [0.29, 0.717) is 6.04 Å². The maximum atomic E-state index is 8.81. The fourth-order valence-corrected chi connectivity index (χ4v) is 4.61. The molecule has 0 spiro atoms. The van der Waals surface area contributed by atoms with Crippen molar-refractivity contribution in [1.29, 1.82) is 5.26 Å². The molecular weight excluding hydrogens is 240 g/mol. The molecule has 2 saturated carbocycles. The van der Waals surface area contributed by atoms with E-state index in [2.05, 4.69) is 18.3 Å². The number of nitriles is 1. The van der Waals surface area contributed by atoms with Crippen molar-refractivity contribution in [2.24, 2.45) is 17.8 Å². The molecule has 2 fully saturated rings. The second-order valence-electron chi connectivity index (χ2n) is 5.92. The van der Waals surface area contributed by atoms with Crippen LogP contribution in [-0.4, -0.2) is 6.04 Å². The molecule has 2 nitrogen and oxygen atoms in total. The maximum Gasteiger partial charge on any atom is 0.100 e. The van der Waals surface area contributed by atoms with Gasteiger partial charge < -0.3 is 5.32 Å². The number of nitrogens with one attached hydrogen (secondary N) is 1. The minimum atomic E-state index is 0.618. The summed E-state index contributed by atoms with van der Waals surface area (Å²) in [6.45, 7) is 3.26. The third-order valence-electron chi connectivity index (χ3n) is 4.82. The van der Waals surface area contributed by atoms with Gasteiger partial charge >= 0.3 is 0 Å². The Balaban J connectivity index is 1.52. The van der Waals surface area contributed by atoms with Crippen molar-refractivity contribution in [1.82, 2.24) is 5.32 Å². The van der Waals surface area contributed by atoms with E-state index in [0.717, 1.165) is 29.9 Å². The van der Waals surface area contributed by atoms with Crippen LogP contribution in [0.3, 0.4) is 0 Å². The van der Waals surface area contributed by atoms with Crippen molar-refractivity contribution in [2.75, 3.05) is 0 Å². The average molecular weight is 260 g/mol. The molecule has 18 heavy (non-hydrogen) atoms. The standard InChI is InChI=1S/C15H20N2S/c1-10(15-6-11-2-3-13(15)4-11)17-8-14-5-12(7-16)9-18-14/h5,9-11,13,15,17H,2-4,6,8H2,1H3. The summed E-state index contributed by atoms with van der Waals surface area (Å²) < 4.78 is 0. The Bertz CT molecular complexity index is 459. The van der Waals surface area contributed by atoms with Crippen LogP contribution in [0.2, 0.25) is 0 Å². The van der Waals surface area contributed by atoms with Crippen LogP contribution in [-0.2, 0) is 6.54 Å². The van der Waals surface area contributed by atoms with Crippen LogP contribution >= 0.6 is 11.3 Å². The van der Waals surface area contributed by atoms with E-state index in [4.69, 9.17) is 5.26 Å². The van der Waals surface area contributed by atoms with Crippen molar-refractivity contribution in [3.63, 3.8) is 0 Å². The van der Waals surface area contributed by atoms with Gasteiger partial charge in [0.05, 0.1) is 5.56 Å². The SMILES string of the molecule is CC(NCc1cc(C#N)cs1)C1CC2CCC1C2. The molecule has 3 heteroatoms. The molecule has 1 N–H and O–H groups in total. The molecular formula is C15H20N2S. The second kappa shape index (κ2) is 5.03. The molecule has 2 bridgehead atoms. The van der Waals surface area contributed by atoms with Crippen LogP contribution < -0.4 is 5.32 Å². The molecule has 96 valence electrons. The summed E-state index contributed by atoms with van der Waals surface area (Å²) in [5.74, 6) is 2.89. The third kappa shape index (κ3) is 2.32. The molecule has 0 aromatic carbocycles. The van der Waals surface area contributed by atoms with Crippen molar-refractivity contribution >= 4 is 11.3 Å². The van der Waals surface area contributed by atoms with E-state index in [1.807, 2.05) is 11.4 Å². The Labute approximate surface area is 113 Å². The lowest BCUT2D eigenvalue weighted by Crippen LogP contribution is -2.35. The fraction of sp³-hybridized carbons (Fsp3) is 0.667. The topological polar surface area (TPSA) is 35.8 Å². The molecule has 1 aromatic rings. The minimum absolute atomic E-state index is 0.618. The van der Waals surface area contributed by atoms with Crippen molar-refractivity contribution in [2.45, 2.75) is 45.2 Å². The van der Waals surface area contributed by atoms with Gasteiger partial charge in [-0.1, -0.05) is 6.42 Å². The lowest BCUT2D eigenvalue weighted by atomic mass is 9.84. The molecule has 1 aromatic heterocycles. The van der Waals surface area contributed by atoms with Crippen LogP contribution in [0.5, 0.6) is 0 Å². The summed E-state index contributed by atoms with van der Waals surface area (Å²) in [4.78, 5) is 1.28. The Morgan fingerprint density at radius 2 is 2.39 bits per heavy atom. The number of nitrogens with zero attached hydrogens (tertiary/aromatic N) is 1. The first-order valence-corrected chi connectivity index (χ1v) is 7.85. The highest BCUT2D eigenvalue weighted by molar-refractivity contribution is 7.10. The Morgan fingerprint density at radius 1 is 1.50 bits per heavy atom. The van der Waals surface area contributed by atoms with Gasteiger partial charge in [0.15, 0.2) is 0 Å². The summed E-state index contributed by atoms with van der Waals surface area (Å²) in [7, 11) is 0. The summed E-state index contributed by atoms with van der Waals surface area (Å²) in [5.41, 5.74) is 0.796. The number of thiophene rings is 1. The molecule has 2 aliphatic carbocycles. The molecule has 2 aliphatic rings. The summed E-state index contributed by atoms with van der Waals surface area (Å²) in [6, 6.07) is 4.82. The average Bonchev–Trinajstić information content (AvgIpc) is 3.11. The van der Waals surface area contributed by atoms with Crippen LogP contribution in [0.4, 0.5) is 0 Å². The first-order chi connectivity index (χ1) is 8.76. The molecule has 4 atom stereocenters. The van der Waals surface area contributed by atoms with Crippen molar-refractivity contribution in [3.8, 4) is 6.07 Å². The molecule has 3 rings (SSSR count). The van der Waals surface area contributed by atoms with Crippen LogP contribution in [0.25, 0.3) is 0 Å². The third-order valence-corrected chi connectivity index (χ3v) is 5.75. The van der Waals surface area contributed by atoms with E-state index in [-0.39, 0.29) is 0 Å². The minimum Gasteiger partial charge on any atom is -0.309 e. The monoisotopic (exact) mass is 260 g/mol. The van der Waals surface area contributed by atoms with E-state index in [9.17, 15) is 0 Å². The predicted molar refractivity (Wildman–Crippen MR) is 74.3 cm³/mol. The van der Waals surface area contributed by atoms with Crippen LogP contribution in [0.1, 0.15) is 43.0 Å². The second-order valence-corrected chi connectivity index (χ2v) is 6.92. The van der Waals surface area contributed by atoms with E-state index < -0.39 is 0 Å². The zero-order valence-electron chi connectivity index (χ0n) is 10.9. The summed E-state index contributed by atoms with van der Waals surface area (Å²) >= 11 is 1.69. The van der Waals surface area contributed by atoms with Gasteiger partial charge in [-0.2, -0.15) is 5.26 Å². The van der Waals surface area contributed by atoms with Gasteiger partial charge in [0.1, 0.15) is 6.07 Å². The number of fused-ring (bicyclic) bond motifs is 2. The van der Waals surface area contributed by atoms with Gasteiger partial charge in [-0.15, -0.1) is 11.3 Å². The van der Waals surface area contributed by atoms with Gasteiger partial charge in [-0.05, 0) is 50.0 Å². The van der Waals surface area contributed by atoms with E-state index >= 15 is 0 Å². The molecule has 0 radical (unpaired) electrons. The Kier molecular flexibility index (Phi) is 3.41. The van der Waals surface area contributed by atoms with Gasteiger partial charge in [0.25, 0.3) is 0 Å². The largest absolute Gasteiger partial charge is 0.309 e. The molecule has 4 unspecified atom stereocenters. The lowest BCUT2D eigenvalue weighted by molar-refractivity contribution is 0.260. The maximum absolute atomic E-state index is 8.81. The highest BCUT2D eigenvalue weighted by Crippen LogP contribution is 2.49. The highest BCUT2D eigenvalue weighted by Gasteiger charge is 2.41. The normalized spacial score (nSPS) is 31.4. The van der Waals surface area contributed by atoms with E-state index in [1.165, 1.54) is 30.6 Å². The molecule has 1 heterocycles. The Hall–Kier alpha value is -0.850. The van der Waals surface area contributed by atoms with Crippen LogP contribution in [0.15, 0.2) is 11.4 Å². The molecule has 0 saturated heterocycles. The predicted octanol–water partition coefficient (Wildman–Crippen LogP) is 3.53. The Morgan fingerprint density at radius 3 is 3.00 bits per heavy atom. The van der Waals surface area contributed by atoms with Gasteiger partial charge in [0.2, 0.25) is 0 Å². The van der Waals surface area contributed by atoms with Crippen LogP contribution in [0, 0.1) is 29.1 Å². The lowest BCUT2D eigenvalue weighted by Gasteiger charge is -2.28. The molecule has 0 aliphatic heterocycles. The van der Waals surface area contributed by atoms with Gasteiger partial charge in [-0.25, -0.2) is 0 Å². The van der Waals surface area contributed by atoms with Gasteiger partial charge in [-0.3, -0.25) is 0 Å². The number of hydrogen-bond donors (Lipinski definition) is 1.